The Hall–Kier alpha value is 0.430. The van der Waals surface area contributed by atoms with Gasteiger partial charge in [0.05, 0.1) is 12.9 Å². The van der Waals surface area contributed by atoms with Crippen LogP contribution in [0.1, 0.15) is 26.7 Å². The summed E-state index contributed by atoms with van der Waals surface area (Å²) in [5, 5.41) is 3.09. The van der Waals surface area contributed by atoms with E-state index in [-0.39, 0.29) is 0 Å². The highest BCUT2D eigenvalue weighted by Crippen LogP contribution is 2.54. The third kappa shape index (κ3) is 6.82. The lowest BCUT2D eigenvalue weighted by Gasteiger charge is -2.18. The largest absolute Gasteiger partial charge is 0.326 e. The van der Waals surface area contributed by atoms with Gasteiger partial charge in [0.1, 0.15) is 0 Å². The third-order valence-electron chi connectivity index (χ3n) is 1.37. The minimum Gasteiger partial charge on any atom is -0.326 e. The van der Waals surface area contributed by atoms with Crippen molar-refractivity contribution < 1.29 is 4.52 Å². The van der Waals surface area contributed by atoms with Crippen molar-refractivity contribution in [2.75, 3.05) is 19.4 Å². The molecule has 0 aromatic heterocycles. The fourth-order valence-electron chi connectivity index (χ4n) is 0.659. The molecule has 0 saturated carbocycles. The molecule has 0 bridgehead atoms. The van der Waals surface area contributed by atoms with Gasteiger partial charge in [0.25, 0.3) is 0 Å². The number of hydrogen-bond acceptors (Lipinski definition) is 4. The van der Waals surface area contributed by atoms with E-state index < -0.39 is 5.62 Å². The van der Waals surface area contributed by atoms with Crippen LogP contribution in [-0.2, 0) is 16.3 Å². The van der Waals surface area contributed by atoms with Crippen molar-refractivity contribution in [1.29, 1.82) is 0 Å². The van der Waals surface area contributed by atoms with Crippen molar-refractivity contribution in [1.82, 2.24) is 5.09 Å². The Bertz CT molecular complexity index is 212. The molecule has 0 heterocycles. The Morgan fingerprint density at radius 3 is 2.71 bits per heavy atom. The summed E-state index contributed by atoms with van der Waals surface area (Å²) in [5.74, 6) is 0. The zero-order valence-corrected chi connectivity index (χ0v) is 11.6. The molecule has 0 amide bonds. The van der Waals surface area contributed by atoms with E-state index in [9.17, 15) is 0 Å². The number of nitrogens with one attached hydrogen (secondary N) is 1. The summed E-state index contributed by atoms with van der Waals surface area (Å²) in [6, 6.07) is 0. The predicted octanol–water partition coefficient (Wildman–Crippen LogP) is 3.03. The van der Waals surface area contributed by atoms with E-state index in [1.165, 1.54) is 0 Å². The third-order valence-corrected chi connectivity index (χ3v) is 6.85. The molecule has 0 aromatic rings. The lowest BCUT2D eigenvalue weighted by Crippen LogP contribution is -2.08. The highest BCUT2D eigenvalue weighted by molar-refractivity contribution is 8.68. The van der Waals surface area contributed by atoms with Gasteiger partial charge in [-0.3, -0.25) is 4.99 Å². The summed E-state index contributed by atoms with van der Waals surface area (Å²) in [6.07, 6.45) is 5.70. The van der Waals surface area contributed by atoms with Crippen molar-refractivity contribution in [2.45, 2.75) is 26.7 Å². The molecule has 0 aliphatic heterocycles. The first-order valence-electron chi connectivity index (χ1n) is 4.75. The number of hydrogen-bond donors (Lipinski definition) is 1. The second kappa shape index (κ2) is 8.72. The van der Waals surface area contributed by atoms with E-state index in [4.69, 9.17) is 16.3 Å². The SMILES string of the molecule is CCCN=CNP(=S)(OCCC)SC. The Labute approximate surface area is 96.0 Å². The van der Waals surface area contributed by atoms with Gasteiger partial charge in [-0.25, -0.2) is 0 Å². The highest BCUT2D eigenvalue weighted by atomic mass is 32.9. The van der Waals surface area contributed by atoms with E-state index >= 15 is 0 Å². The standard InChI is InChI=1S/C8H19N2OPS2/c1-4-6-9-8-10-12(13,14-3)11-7-5-2/h8H,4-7H2,1-3H3,(H,9,10,13). The van der Waals surface area contributed by atoms with Crippen molar-refractivity contribution in [3.05, 3.63) is 0 Å². The molecule has 1 N–H and O–H groups in total. The fourth-order valence-corrected chi connectivity index (χ4v) is 2.95. The van der Waals surface area contributed by atoms with Gasteiger partial charge in [-0.2, -0.15) is 0 Å². The maximum absolute atomic E-state index is 5.59. The second-order valence-electron chi connectivity index (χ2n) is 2.68. The van der Waals surface area contributed by atoms with Crippen LogP contribution in [0.5, 0.6) is 0 Å². The minimum atomic E-state index is -1.91. The van der Waals surface area contributed by atoms with E-state index in [0.717, 1.165) is 19.4 Å². The van der Waals surface area contributed by atoms with Crippen molar-refractivity contribution >= 4 is 35.1 Å². The number of nitrogens with zero attached hydrogens (tertiary/aromatic N) is 1. The predicted molar refractivity (Wildman–Crippen MR) is 70.8 cm³/mol. The molecule has 84 valence electrons. The van der Waals surface area contributed by atoms with Crippen molar-refractivity contribution in [2.24, 2.45) is 4.99 Å². The summed E-state index contributed by atoms with van der Waals surface area (Å²) >= 11 is 6.94. The maximum Gasteiger partial charge on any atom is 0.210 e. The normalized spacial score (nSPS) is 15.6. The van der Waals surface area contributed by atoms with Crippen LogP contribution in [0.15, 0.2) is 4.99 Å². The first kappa shape index (κ1) is 14.4. The molecule has 1 atom stereocenters. The smallest absolute Gasteiger partial charge is 0.210 e. The zero-order chi connectivity index (χ0) is 10.9. The molecule has 0 aromatic carbocycles. The van der Waals surface area contributed by atoms with Crippen LogP contribution in [0.3, 0.4) is 0 Å². The highest BCUT2D eigenvalue weighted by Gasteiger charge is 2.13. The lowest BCUT2D eigenvalue weighted by molar-refractivity contribution is 0.356. The summed E-state index contributed by atoms with van der Waals surface area (Å²) in [5.41, 5.74) is -1.91. The van der Waals surface area contributed by atoms with Crippen LogP contribution in [0.25, 0.3) is 0 Å². The van der Waals surface area contributed by atoms with Gasteiger partial charge in [0, 0.05) is 6.54 Å². The zero-order valence-electron chi connectivity index (χ0n) is 9.02. The summed E-state index contributed by atoms with van der Waals surface area (Å²) < 4.78 is 5.59. The van der Waals surface area contributed by atoms with Gasteiger partial charge in [-0.05, 0) is 30.9 Å². The Morgan fingerprint density at radius 2 is 2.21 bits per heavy atom. The molecule has 0 fully saturated rings. The molecule has 0 saturated heterocycles. The molecule has 1 unspecified atom stereocenters. The molecule has 0 rings (SSSR count). The van der Waals surface area contributed by atoms with Crippen LogP contribution in [-0.4, -0.2) is 25.7 Å². The molecule has 14 heavy (non-hydrogen) atoms. The first-order chi connectivity index (χ1) is 6.68. The van der Waals surface area contributed by atoms with E-state index in [2.05, 4.69) is 23.9 Å². The molecule has 3 nitrogen and oxygen atoms in total. The molecule has 0 spiro atoms. The second-order valence-corrected chi connectivity index (χ2v) is 9.43. The van der Waals surface area contributed by atoms with Crippen LogP contribution >= 0.6 is 17.0 Å². The number of rotatable bonds is 8. The topological polar surface area (TPSA) is 33.6 Å². The summed E-state index contributed by atoms with van der Waals surface area (Å²) in [7, 11) is 0. The van der Waals surface area contributed by atoms with Crippen molar-refractivity contribution in [3.8, 4) is 0 Å². The molecule has 0 radical (unpaired) electrons. The van der Waals surface area contributed by atoms with Crippen LogP contribution in [0.2, 0.25) is 0 Å². The van der Waals surface area contributed by atoms with E-state index in [1.54, 1.807) is 17.7 Å². The Kier molecular flexibility index (Phi) is 8.98. The van der Waals surface area contributed by atoms with Gasteiger partial charge in [-0.15, -0.1) is 0 Å². The Balaban J connectivity index is 3.92. The molecular weight excluding hydrogens is 235 g/mol. The van der Waals surface area contributed by atoms with Gasteiger partial charge in [0.2, 0.25) is 5.62 Å². The Morgan fingerprint density at radius 1 is 1.50 bits per heavy atom. The first-order valence-corrected chi connectivity index (χ1v) is 9.30. The van der Waals surface area contributed by atoms with Crippen LogP contribution < -0.4 is 5.09 Å². The molecule has 0 aliphatic carbocycles. The quantitative estimate of drug-likeness (QED) is 0.410. The van der Waals surface area contributed by atoms with Gasteiger partial charge in [0.15, 0.2) is 0 Å². The van der Waals surface area contributed by atoms with Gasteiger partial charge >= 0.3 is 0 Å². The van der Waals surface area contributed by atoms with Crippen molar-refractivity contribution in [3.63, 3.8) is 0 Å². The molecular formula is C8H19N2OPS2. The lowest BCUT2D eigenvalue weighted by atomic mass is 10.5. The summed E-state index contributed by atoms with van der Waals surface area (Å²) in [4.78, 5) is 4.16. The van der Waals surface area contributed by atoms with E-state index in [0.29, 0.717) is 6.61 Å². The van der Waals surface area contributed by atoms with Crippen LogP contribution in [0, 0.1) is 0 Å². The van der Waals surface area contributed by atoms with Crippen LogP contribution in [0.4, 0.5) is 0 Å². The van der Waals surface area contributed by atoms with Gasteiger partial charge in [-0.1, -0.05) is 25.2 Å². The molecule has 0 aliphatic rings. The fraction of sp³-hybridized carbons (Fsp3) is 0.875. The maximum atomic E-state index is 5.59. The number of aliphatic imine (C=N–C) groups is 1. The summed E-state index contributed by atoms with van der Waals surface area (Å²) in [6.45, 7) is 5.72. The molecule has 6 heteroatoms. The van der Waals surface area contributed by atoms with E-state index in [1.807, 2.05) is 6.26 Å². The minimum absolute atomic E-state index is 0.715. The average molecular weight is 254 g/mol. The average Bonchev–Trinajstić information content (AvgIpc) is 2.22. The monoisotopic (exact) mass is 254 g/mol. The van der Waals surface area contributed by atoms with Gasteiger partial charge < -0.3 is 9.61 Å².